The van der Waals surface area contributed by atoms with Gasteiger partial charge in [0.2, 0.25) is 5.91 Å². The van der Waals surface area contributed by atoms with E-state index in [0.717, 1.165) is 42.5 Å². The van der Waals surface area contributed by atoms with Crippen molar-refractivity contribution in [1.82, 2.24) is 4.90 Å². The minimum Gasteiger partial charge on any atom is -0.497 e. The van der Waals surface area contributed by atoms with Gasteiger partial charge in [0.1, 0.15) is 17.3 Å². The van der Waals surface area contributed by atoms with Crippen LogP contribution < -0.4 is 9.64 Å². The van der Waals surface area contributed by atoms with E-state index in [9.17, 15) is 4.79 Å². The smallest absolute Gasteiger partial charge is 0.241 e. The summed E-state index contributed by atoms with van der Waals surface area (Å²) in [6.07, 6.45) is 0.986. The number of ether oxygens (including phenoxy) is 1. The highest BCUT2D eigenvalue weighted by Gasteiger charge is 2.25. The molecule has 0 spiro atoms. The van der Waals surface area contributed by atoms with Crippen LogP contribution in [0.3, 0.4) is 0 Å². The lowest BCUT2D eigenvalue weighted by molar-refractivity contribution is -0.121. The van der Waals surface area contributed by atoms with Crippen molar-refractivity contribution in [3.63, 3.8) is 0 Å². The van der Waals surface area contributed by atoms with Gasteiger partial charge >= 0.3 is 0 Å². The third-order valence-electron chi connectivity index (χ3n) is 4.79. The molecular formula is C20H26N2O3. The molecule has 1 aromatic heterocycles. The van der Waals surface area contributed by atoms with Crippen molar-refractivity contribution in [1.29, 1.82) is 0 Å². The van der Waals surface area contributed by atoms with Crippen molar-refractivity contribution >= 4 is 11.6 Å². The number of benzene rings is 1. The third-order valence-corrected chi connectivity index (χ3v) is 4.79. The molecule has 5 heteroatoms. The van der Waals surface area contributed by atoms with Gasteiger partial charge in [-0.05, 0) is 44.2 Å². The molecule has 1 aromatic carbocycles. The average molecular weight is 342 g/mol. The Bertz CT molecular complexity index is 725. The number of methoxy groups -OCH3 is 1. The molecule has 0 radical (unpaired) electrons. The molecule has 0 aliphatic carbocycles. The van der Waals surface area contributed by atoms with Gasteiger partial charge in [0, 0.05) is 30.8 Å². The summed E-state index contributed by atoms with van der Waals surface area (Å²) in [6, 6.07) is 11.7. The number of amides is 1. The Morgan fingerprint density at radius 3 is 2.76 bits per heavy atom. The van der Waals surface area contributed by atoms with Gasteiger partial charge in [-0.3, -0.25) is 9.69 Å². The van der Waals surface area contributed by atoms with Gasteiger partial charge in [0.05, 0.1) is 13.7 Å². The lowest BCUT2D eigenvalue weighted by Crippen LogP contribution is -2.50. The summed E-state index contributed by atoms with van der Waals surface area (Å²) >= 11 is 0. The van der Waals surface area contributed by atoms with E-state index in [1.165, 1.54) is 0 Å². The summed E-state index contributed by atoms with van der Waals surface area (Å²) in [6.45, 7) is 7.09. The average Bonchev–Trinajstić information content (AvgIpc) is 3.06. The fraction of sp³-hybridized carbons (Fsp3) is 0.450. The van der Waals surface area contributed by atoms with Gasteiger partial charge in [-0.25, -0.2) is 0 Å². The normalized spacial score (nSPS) is 16.9. The maximum absolute atomic E-state index is 12.5. The Balaban J connectivity index is 1.54. The monoisotopic (exact) mass is 342 g/mol. The zero-order valence-electron chi connectivity index (χ0n) is 15.2. The van der Waals surface area contributed by atoms with Crippen LogP contribution in [0.2, 0.25) is 0 Å². The highest BCUT2D eigenvalue weighted by Crippen LogP contribution is 2.24. The molecular weight excluding hydrogens is 316 g/mol. The second-order valence-corrected chi connectivity index (χ2v) is 6.66. The van der Waals surface area contributed by atoms with E-state index in [-0.39, 0.29) is 5.91 Å². The van der Waals surface area contributed by atoms with E-state index in [0.29, 0.717) is 19.0 Å². The number of furan rings is 1. The first kappa shape index (κ1) is 17.5. The molecule has 1 saturated heterocycles. The number of hydrogen-bond acceptors (Lipinski definition) is 4. The Labute approximate surface area is 149 Å². The fourth-order valence-corrected chi connectivity index (χ4v) is 3.20. The molecule has 5 nitrogen and oxygen atoms in total. The van der Waals surface area contributed by atoms with Crippen LogP contribution in [0.15, 0.2) is 40.8 Å². The molecule has 2 aromatic rings. The minimum atomic E-state index is 0.140. The molecule has 134 valence electrons. The maximum Gasteiger partial charge on any atom is 0.241 e. The SMILES string of the molecule is COc1cccc(N2CCN(CC[C@@H](C)c3ccc(C)o3)CC2=O)c1. The number of aryl methyl sites for hydroxylation is 1. The van der Waals surface area contributed by atoms with Gasteiger partial charge < -0.3 is 14.1 Å². The molecule has 2 heterocycles. The van der Waals surface area contributed by atoms with E-state index in [1.54, 1.807) is 7.11 Å². The Morgan fingerprint density at radius 2 is 2.08 bits per heavy atom. The molecule has 1 fully saturated rings. The molecule has 1 amide bonds. The van der Waals surface area contributed by atoms with Crippen LogP contribution in [0.5, 0.6) is 5.75 Å². The number of carbonyl (C=O) groups is 1. The predicted molar refractivity (Wildman–Crippen MR) is 98.3 cm³/mol. The summed E-state index contributed by atoms with van der Waals surface area (Å²) < 4.78 is 11.0. The first-order chi connectivity index (χ1) is 12.1. The number of hydrogen-bond donors (Lipinski definition) is 0. The number of anilines is 1. The predicted octanol–water partition coefficient (Wildman–Crippen LogP) is 3.44. The van der Waals surface area contributed by atoms with Crippen LogP contribution in [-0.4, -0.2) is 44.1 Å². The van der Waals surface area contributed by atoms with Crippen LogP contribution in [0.25, 0.3) is 0 Å². The fourth-order valence-electron chi connectivity index (χ4n) is 3.20. The molecule has 1 aliphatic heterocycles. The Hall–Kier alpha value is -2.27. The molecule has 0 bridgehead atoms. The van der Waals surface area contributed by atoms with Crippen molar-refractivity contribution in [2.45, 2.75) is 26.2 Å². The number of nitrogens with zero attached hydrogens (tertiary/aromatic N) is 2. The zero-order valence-corrected chi connectivity index (χ0v) is 15.2. The zero-order chi connectivity index (χ0) is 17.8. The van der Waals surface area contributed by atoms with Crippen LogP contribution in [0, 0.1) is 6.92 Å². The lowest BCUT2D eigenvalue weighted by Gasteiger charge is -2.34. The first-order valence-corrected chi connectivity index (χ1v) is 8.80. The van der Waals surface area contributed by atoms with Crippen LogP contribution in [-0.2, 0) is 4.79 Å². The van der Waals surface area contributed by atoms with Gasteiger partial charge in [0.15, 0.2) is 0 Å². The van der Waals surface area contributed by atoms with Crippen molar-refractivity contribution < 1.29 is 13.9 Å². The van der Waals surface area contributed by atoms with Gasteiger partial charge in [-0.15, -0.1) is 0 Å². The highest BCUT2D eigenvalue weighted by atomic mass is 16.5. The number of rotatable bonds is 6. The van der Waals surface area contributed by atoms with Crippen LogP contribution >= 0.6 is 0 Å². The topological polar surface area (TPSA) is 45.9 Å². The molecule has 3 rings (SSSR count). The summed E-state index contributed by atoms with van der Waals surface area (Å²) in [5.41, 5.74) is 0.906. The first-order valence-electron chi connectivity index (χ1n) is 8.80. The summed E-state index contributed by atoms with van der Waals surface area (Å²) in [7, 11) is 1.64. The standard InChI is InChI=1S/C20H26N2O3/c1-15(19-8-7-16(2)25-19)9-10-21-11-12-22(20(23)14-21)17-5-4-6-18(13-17)24-3/h4-8,13,15H,9-12,14H2,1-3H3/t15-/m1/s1. The van der Waals surface area contributed by atoms with Gasteiger partial charge in [-0.1, -0.05) is 13.0 Å². The molecule has 1 aliphatic rings. The van der Waals surface area contributed by atoms with E-state index < -0.39 is 0 Å². The Kier molecular flexibility index (Phi) is 5.43. The molecule has 0 saturated carbocycles. The second kappa shape index (κ2) is 7.74. The van der Waals surface area contributed by atoms with Crippen LogP contribution in [0.1, 0.15) is 30.8 Å². The largest absolute Gasteiger partial charge is 0.497 e. The number of carbonyl (C=O) groups excluding carboxylic acids is 1. The van der Waals surface area contributed by atoms with E-state index in [4.69, 9.17) is 9.15 Å². The maximum atomic E-state index is 12.5. The summed E-state index contributed by atoms with van der Waals surface area (Å²) in [4.78, 5) is 16.6. The molecule has 0 unspecified atom stereocenters. The lowest BCUT2D eigenvalue weighted by atomic mass is 10.0. The third kappa shape index (κ3) is 4.23. The van der Waals surface area contributed by atoms with Crippen molar-refractivity contribution in [3.8, 4) is 5.75 Å². The molecule has 1 atom stereocenters. The number of piperazine rings is 1. The van der Waals surface area contributed by atoms with Gasteiger partial charge in [0.25, 0.3) is 0 Å². The minimum absolute atomic E-state index is 0.140. The van der Waals surface area contributed by atoms with Crippen molar-refractivity contribution in [2.24, 2.45) is 0 Å². The van der Waals surface area contributed by atoms with Gasteiger partial charge in [-0.2, -0.15) is 0 Å². The molecule has 25 heavy (non-hydrogen) atoms. The highest BCUT2D eigenvalue weighted by molar-refractivity contribution is 5.95. The van der Waals surface area contributed by atoms with E-state index >= 15 is 0 Å². The quantitative estimate of drug-likeness (QED) is 0.807. The summed E-state index contributed by atoms with van der Waals surface area (Å²) in [5.74, 6) is 3.25. The molecule has 0 N–H and O–H groups in total. The van der Waals surface area contributed by atoms with E-state index in [1.807, 2.05) is 48.2 Å². The van der Waals surface area contributed by atoms with Crippen LogP contribution in [0.4, 0.5) is 5.69 Å². The van der Waals surface area contributed by atoms with Crippen molar-refractivity contribution in [2.75, 3.05) is 38.2 Å². The van der Waals surface area contributed by atoms with E-state index in [2.05, 4.69) is 11.8 Å². The second-order valence-electron chi connectivity index (χ2n) is 6.66. The Morgan fingerprint density at radius 1 is 1.24 bits per heavy atom. The van der Waals surface area contributed by atoms with Crippen molar-refractivity contribution in [3.05, 3.63) is 47.9 Å². The summed E-state index contributed by atoms with van der Waals surface area (Å²) in [5, 5.41) is 0.